The van der Waals surface area contributed by atoms with Gasteiger partial charge in [-0.1, -0.05) is 12.1 Å². The first kappa shape index (κ1) is 17.9. The molecule has 7 nitrogen and oxygen atoms in total. The lowest BCUT2D eigenvalue weighted by Gasteiger charge is -2.18. The van der Waals surface area contributed by atoms with Crippen molar-refractivity contribution in [1.29, 1.82) is 0 Å². The van der Waals surface area contributed by atoms with Crippen LogP contribution >= 0.6 is 0 Å². The van der Waals surface area contributed by atoms with Crippen molar-refractivity contribution >= 4 is 17.3 Å². The molecule has 1 aromatic heterocycles. The molecule has 28 heavy (non-hydrogen) atoms. The van der Waals surface area contributed by atoms with E-state index in [0.717, 1.165) is 28.9 Å². The Hall–Kier alpha value is -3.48. The van der Waals surface area contributed by atoms with Crippen LogP contribution in [-0.2, 0) is 4.79 Å². The minimum absolute atomic E-state index is 0.0610. The Morgan fingerprint density at radius 3 is 2.54 bits per heavy atom. The van der Waals surface area contributed by atoms with Gasteiger partial charge in [-0.15, -0.1) is 0 Å². The second-order valence-electron chi connectivity index (χ2n) is 6.58. The van der Waals surface area contributed by atoms with Gasteiger partial charge in [0.1, 0.15) is 6.04 Å². The lowest BCUT2D eigenvalue weighted by Crippen LogP contribution is -2.33. The number of carbonyl (C=O) groups is 1. The summed E-state index contributed by atoms with van der Waals surface area (Å²) in [5.41, 5.74) is 3.80. The molecule has 1 saturated heterocycles. The first-order valence-electron chi connectivity index (χ1n) is 9.09. The van der Waals surface area contributed by atoms with Gasteiger partial charge in [0.2, 0.25) is 5.91 Å². The maximum absolute atomic E-state index is 12.9. The smallest absolute Gasteiger partial charge is 0.249 e. The topological polar surface area (TPSA) is 79.5 Å². The van der Waals surface area contributed by atoms with E-state index in [9.17, 15) is 4.79 Å². The van der Waals surface area contributed by atoms with E-state index in [0.29, 0.717) is 18.0 Å². The number of carbonyl (C=O) groups excluding carboxylic acids is 1. The summed E-state index contributed by atoms with van der Waals surface area (Å²) in [6.07, 6.45) is 4.36. The van der Waals surface area contributed by atoms with Gasteiger partial charge < -0.3 is 19.7 Å². The molecule has 1 amide bonds. The van der Waals surface area contributed by atoms with Crippen LogP contribution in [0.2, 0.25) is 0 Å². The largest absolute Gasteiger partial charge is 0.493 e. The number of methoxy groups -OCH3 is 2. The Labute approximate surface area is 163 Å². The van der Waals surface area contributed by atoms with Crippen LogP contribution in [0.4, 0.5) is 11.4 Å². The van der Waals surface area contributed by atoms with Gasteiger partial charge in [-0.2, -0.15) is 5.10 Å². The third-order valence-corrected chi connectivity index (χ3v) is 4.94. The van der Waals surface area contributed by atoms with Crippen LogP contribution in [0, 0.1) is 0 Å². The van der Waals surface area contributed by atoms with E-state index in [-0.39, 0.29) is 11.9 Å². The highest BCUT2D eigenvalue weighted by molar-refractivity contribution is 6.01. The summed E-state index contributed by atoms with van der Waals surface area (Å²) in [6, 6.07) is 13.2. The van der Waals surface area contributed by atoms with Crippen molar-refractivity contribution in [2.45, 2.75) is 12.5 Å². The van der Waals surface area contributed by atoms with Crippen LogP contribution in [0.1, 0.15) is 6.42 Å². The van der Waals surface area contributed by atoms with Crippen molar-refractivity contribution in [2.24, 2.45) is 0 Å². The van der Waals surface area contributed by atoms with E-state index in [1.807, 2.05) is 53.6 Å². The van der Waals surface area contributed by atoms with Crippen LogP contribution in [0.15, 0.2) is 54.9 Å². The second-order valence-corrected chi connectivity index (χ2v) is 6.58. The van der Waals surface area contributed by atoms with Crippen LogP contribution in [0.3, 0.4) is 0 Å². The number of hydrogen-bond donors (Lipinski definition) is 2. The number of hydrogen-bond acceptors (Lipinski definition) is 5. The number of H-pyrrole nitrogens is 1. The van der Waals surface area contributed by atoms with Crippen LogP contribution in [0.25, 0.3) is 11.1 Å². The van der Waals surface area contributed by atoms with Crippen molar-refractivity contribution in [3.8, 4) is 22.6 Å². The third kappa shape index (κ3) is 3.38. The number of ether oxygens (including phenoxy) is 2. The van der Waals surface area contributed by atoms with E-state index in [1.54, 1.807) is 20.4 Å². The minimum atomic E-state index is -0.272. The minimum Gasteiger partial charge on any atom is -0.493 e. The molecule has 0 bridgehead atoms. The third-order valence-electron chi connectivity index (χ3n) is 4.94. The van der Waals surface area contributed by atoms with E-state index >= 15 is 0 Å². The second kappa shape index (κ2) is 7.64. The van der Waals surface area contributed by atoms with Gasteiger partial charge in [0.05, 0.1) is 20.4 Å². The lowest BCUT2D eigenvalue weighted by molar-refractivity contribution is -0.117. The zero-order valence-electron chi connectivity index (χ0n) is 15.8. The number of aromatic amines is 1. The van der Waals surface area contributed by atoms with E-state index < -0.39 is 0 Å². The molecule has 0 spiro atoms. The highest BCUT2D eigenvalue weighted by Crippen LogP contribution is 2.31. The molecular weight excluding hydrogens is 356 g/mol. The van der Waals surface area contributed by atoms with E-state index in [2.05, 4.69) is 15.5 Å². The Balaban J connectivity index is 1.46. The number of nitrogens with one attached hydrogen (secondary N) is 2. The first-order chi connectivity index (χ1) is 13.7. The summed E-state index contributed by atoms with van der Waals surface area (Å²) in [5.74, 6) is 1.35. The number of amides is 1. The van der Waals surface area contributed by atoms with E-state index in [4.69, 9.17) is 9.47 Å². The highest BCUT2D eigenvalue weighted by Gasteiger charge is 2.32. The molecule has 1 atom stereocenters. The number of rotatable bonds is 6. The van der Waals surface area contributed by atoms with Crippen LogP contribution in [-0.4, -0.2) is 42.9 Å². The monoisotopic (exact) mass is 378 g/mol. The number of benzene rings is 2. The predicted octanol–water partition coefficient (Wildman–Crippen LogP) is 3.31. The molecule has 2 N–H and O–H groups in total. The average Bonchev–Trinajstić information content (AvgIpc) is 3.39. The molecule has 0 radical (unpaired) electrons. The molecule has 0 saturated carbocycles. The highest BCUT2D eigenvalue weighted by atomic mass is 16.5. The molecule has 2 heterocycles. The molecule has 0 aliphatic carbocycles. The molecule has 2 aromatic carbocycles. The van der Waals surface area contributed by atoms with Gasteiger partial charge in [0, 0.05) is 35.7 Å². The van der Waals surface area contributed by atoms with Crippen molar-refractivity contribution in [3.05, 3.63) is 54.9 Å². The SMILES string of the molecule is COc1ccc(NC2CCN(c3ccc(-c4cn[nH]c4)cc3)C2=O)cc1OC. The molecule has 7 heteroatoms. The van der Waals surface area contributed by atoms with Gasteiger partial charge >= 0.3 is 0 Å². The maximum atomic E-state index is 12.9. The van der Waals surface area contributed by atoms with Crippen molar-refractivity contribution in [1.82, 2.24) is 10.2 Å². The summed E-state index contributed by atoms with van der Waals surface area (Å²) in [7, 11) is 3.19. The Kier molecular flexibility index (Phi) is 4.89. The fourth-order valence-corrected chi connectivity index (χ4v) is 3.44. The summed E-state index contributed by atoms with van der Waals surface area (Å²) in [4.78, 5) is 14.7. The molecule has 4 rings (SSSR count). The van der Waals surface area contributed by atoms with Gasteiger partial charge in [0.25, 0.3) is 0 Å². The molecule has 3 aromatic rings. The van der Waals surface area contributed by atoms with Crippen molar-refractivity contribution < 1.29 is 14.3 Å². The fourth-order valence-electron chi connectivity index (χ4n) is 3.44. The number of anilines is 2. The predicted molar refractivity (Wildman–Crippen MR) is 108 cm³/mol. The summed E-state index contributed by atoms with van der Waals surface area (Å²) >= 11 is 0. The van der Waals surface area contributed by atoms with E-state index in [1.165, 1.54) is 0 Å². The molecule has 1 aliphatic rings. The molecular formula is C21H22N4O3. The van der Waals surface area contributed by atoms with Gasteiger partial charge in [-0.25, -0.2) is 0 Å². The van der Waals surface area contributed by atoms with Crippen LogP contribution in [0.5, 0.6) is 11.5 Å². The average molecular weight is 378 g/mol. The zero-order chi connectivity index (χ0) is 19.5. The summed E-state index contributed by atoms with van der Waals surface area (Å²) < 4.78 is 10.6. The Bertz CT molecular complexity index is 954. The molecule has 1 fully saturated rings. The molecule has 1 unspecified atom stereocenters. The van der Waals surface area contributed by atoms with Crippen LogP contribution < -0.4 is 19.7 Å². The Morgan fingerprint density at radius 2 is 1.86 bits per heavy atom. The number of nitrogens with zero attached hydrogens (tertiary/aromatic N) is 2. The first-order valence-corrected chi connectivity index (χ1v) is 9.09. The maximum Gasteiger partial charge on any atom is 0.249 e. The summed E-state index contributed by atoms with van der Waals surface area (Å²) in [6.45, 7) is 0.675. The normalized spacial score (nSPS) is 16.3. The van der Waals surface area contributed by atoms with Gasteiger partial charge in [-0.05, 0) is 36.2 Å². The Morgan fingerprint density at radius 1 is 1.07 bits per heavy atom. The van der Waals surface area contributed by atoms with Gasteiger partial charge in [-0.3, -0.25) is 9.89 Å². The lowest BCUT2D eigenvalue weighted by atomic mass is 10.1. The summed E-state index contributed by atoms with van der Waals surface area (Å²) in [5, 5.41) is 10.1. The standard InChI is InChI=1S/C21H22N4O3/c1-27-19-8-5-16(11-20(19)28-2)24-18-9-10-25(21(18)26)17-6-3-14(4-7-17)15-12-22-23-13-15/h3-8,11-13,18,24H,9-10H2,1-2H3,(H,22,23). The number of aromatic nitrogens is 2. The molecule has 1 aliphatic heterocycles. The zero-order valence-corrected chi connectivity index (χ0v) is 15.8. The molecule has 144 valence electrons. The van der Waals surface area contributed by atoms with Crippen molar-refractivity contribution in [2.75, 3.05) is 31.0 Å². The fraction of sp³-hybridized carbons (Fsp3) is 0.238. The van der Waals surface area contributed by atoms with Crippen molar-refractivity contribution in [3.63, 3.8) is 0 Å². The van der Waals surface area contributed by atoms with Gasteiger partial charge in [0.15, 0.2) is 11.5 Å². The quantitative estimate of drug-likeness (QED) is 0.688.